The zero-order valence-corrected chi connectivity index (χ0v) is 13.2. The Kier molecular flexibility index (Phi) is 5.69. The number of carbonyl (C=O) groups is 2. The molecular weight excluding hydrogens is 288 g/mol. The van der Waals surface area contributed by atoms with Crippen LogP contribution in [0.3, 0.4) is 0 Å². The number of nitrogens with zero attached hydrogens (tertiary/aromatic N) is 1. The molecule has 0 aliphatic heterocycles. The van der Waals surface area contributed by atoms with E-state index in [9.17, 15) is 9.59 Å². The van der Waals surface area contributed by atoms with E-state index in [-0.39, 0.29) is 11.8 Å². The lowest BCUT2D eigenvalue weighted by Crippen LogP contribution is -2.30. The van der Waals surface area contributed by atoms with Crippen molar-refractivity contribution in [1.29, 1.82) is 0 Å². The Hall–Kier alpha value is -2.88. The predicted octanol–water partition coefficient (Wildman–Crippen LogP) is 3.27. The summed E-state index contributed by atoms with van der Waals surface area (Å²) in [5.41, 5.74) is 1.93. The van der Waals surface area contributed by atoms with Crippen LogP contribution in [0.2, 0.25) is 0 Å². The van der Waals surface area contributed by atoms with E-state index in [2.05, 4.69) is 11.9 Å². The Bertz CT molecular complexity index is 678. The maximum atomic E-state index is 12.6. The van der Waals surface area contributed by atoms with Gasteiger partial charge < -0.3 is 10.2 Å². The van der Waals surface area contributed by atoms with Crippen LogP contribution in [0.15, 0.2) is 67.3 Å². The molecule has 2 amide bonds. The average molecular weight is 308 g/mol. The lowest BCUT2D eigenvalue weighted by molar-refractivity contribution is 0.0954. The summed E-state index contributed by atoms with van der Waals surface area (Å²) in [5.74, 6) is -0.268. The van der Waals surface area contributed by atoms with Crippen molar-refractivity contribution >= 4 is 17.5 Å². The Morgan fingerprint density at radius 3 is 2.22 bits per heavy atom. The quantitative estimate of drug-likeness (QED) is 0.833. The average Bonchev–Trinajstić information content (AvgIpc) is 2.61. The summed E-state index contributed by atoms with van der Waals surface area (Å²) in [4.78, 5) is 26.2. The summed E-state index contributed by atoms with van der Waals surface area (Å²) in [6.45, 7) is 6.48. The highest BCUT2D eigenvalue weighted by molar-refractivity contribution is 6.06. The van der Waals surface area contributed by atoms with Crippen molar-refractivity contribution in [3.63, 3.8) is 0 Å². The van der Waals surface area contributed by atoms with E-state index in [1.807, 2.05) is 37.3 Å². The molecule has 0 aliphatic rings. The van der Waals surface area contributed by atoms with E-state index in [0.29, 0.717) is 24.2 Å². The Labute approximate surface area is 136 Å². The van der Waals surface area contributed by atoms with Crippen molar-refractivity contribution in [3.05, 3.63) is 78.4 Å². The van der Waals surface area contributed by atoms with E-state index in [0.717, 1.165) is 5.69 Å². The predicted molar refractivity (Wildman–Crippen MR) is 92.8 cm³/mol. The van der Waals surface area contributed by atoms with E-state index in [4.69, 9.17) is 0 Å². The molecule has 0 heterocycles. The van der Waals surface area contributed by atoms with Crippen LogP contribution in [-0.4, -0.2) is 24.9 Å². The van der Waals surface area contributed by atoms with Crippen LogP contribution in [0.1, 0.15) is 27.6 Å². The van der Waals surface area contributed by atoms with E-state index >= 15 is 0 Å². The van der Waals surface area contributed by atoms with Gasteiger partial charge in [-0.25, -0.2) is 0 Å². The zero-order valence-electron chi connectivity index (χ0n) is 13.2. The third-order valence-electron chi connectivity index (χ3n) is 3.43. The summed E-state index contributed by atoms with van der Waals surface area (Å²) in [5, 5.41) is 2.70. The molecule has 118 valence electrons. The molecule has 4 nitrogen and oxygen atoms in total. The number of hydrogen-bond acceptors (Lipinski definition) is 2. The van der Waals surface area contributed by atoms with Crippen molar-refractivity contribution in [2.75, 3.05) is 18.0 Å². The maximum absolute atomic E-state index is 12.6. The van der Waals surface area contributed by atoms with Gasteiger partial charge in [0.15, 0.2) is 0 Å². The van der Waals surface area contributed by atoms with Gasteiger partial charge in [0.2, 0.25) is 0 Å². The zero-order chi connectivity index (χ0) is 16.7. The second kappa shape index (κ2) is 7.94. The summed E-state index contributed by atoms with van der Waals surface area (Å²) < 4.78 is 0. The van der Waals surface area contributed by atoms with Gasteiger partial charge in [-0.1, -0.05) is 24.3 Å². The summed E-state index contributed by atoms with van der Waals surface area (Å²) in [6, 6.07) is 16.2. The maximum Gasteiger partial charge on any atom is 0.258 e. The summed E-state index contributed by atoms with van der Waals surface area (Å²) in [6.07, 6.45) is 1.62. The highest BCUT2D eigenvalue weighted by Crippen LogP contribution is 2.17. The first-order valence-electron chi connectivity index (χ1n) is 7.53. The van der Waals surface area contributed by atoms with E-state index in [1.165, 1.54) is 0 Å². The molecule has 0 radical (unpaired) electrons. The minimum absolute atomic E-state index is 0.0863. The van der Waals surface area contributed by atoms with Crippen LogP contribution < -0.4 is 10.2 Å². The van der Waals surface area contributed by atoms with Gasteiger partial charge in [-0.05, 0) is 43.3 Å². The van der Waals surface area contributed by atoms with Gasteiger partial charge >= 0.3 is 0 Å². The third-order valence-corrected chi connectivity index (χ3v) is 3.43. The smallest absolute Gasteiger partial charge is 0.258 e. The second-order valence-electron chi connectivity index (χ2n) is 4.96. The number of rotatable bonds is 6. The first-order chi connectivity index (χ1) is 11.2. The van der Waals surface area contributed by atoms with Crippen molar-refractivity contribution in [2.45, 2.75) is 6.92 Å². The van der Waals surface area contributed by atoms with Crippen LogP contribution in [0.5, 0.6) is 0 Å². The first-order valence-corrected chi connectivity index (χ1v) is 7.53. The van der Waals surface area contributed by atoms with Crippen LogP contribution in [0.4, 0.5) is 5.69 Å². The van der Waals surface area contributed by atoms with Crippen LogP contribution in [0.25, 0.3) is 0 Å². The number of amides is 2. The lowest BCUT2D eigenvalue weighted by Gasteiger charge is -2.21. The minimum Gasteiger partial charge on any atom is -0.349 e. The number of nitrogens with one attached hydrogen (secondary N) is 1. The van der Waals surface area contributed by atoms with Gasteiger partial charge in [-0.3, -0.25) is 9.59 Å². The van der Waals surface area contributed by atoms with E-state index in [1.54, 1.807) is 35.2 Å². The van der Waals surface area contributed by atoms with Gasteiger partial charge in [-0.15, -0.1) is 6.58 Å². The van der Waals surface area contributed by atoms with Gasteiger partial charge in [0, 0.05) is 29.9 Å². The molecule has 2 aromatic carbocycles. The molecule has 0 aliphatic carbocycles. The number of anilines is 1. The highest BCUT2D eigenvalue weighted by atomic mass is 16.2. The molecule has 23 heavy (non-hydrogen) atoms. The van der Waals surface area contributed by atoms with Crippen molar-refractivity contribution in [1.82, 2.24) is 5.32 Å². The van der Waals surface area contributed by atoms with Gasteiger partial charge in [-0.2, -0.15) is 0 Å². The van der Waals surface area contributed by atoms with Crippen LogP contribution in [0, 0.1) is 0 Å². The minimum atomic E-state index is -0.181. The number of carbonyl (C=O) groups excluding carboxylic acids is 2. The standard InChI is InChI=1S/C19H20N2O2/c1-3-14-20-18(22)15-10-12-16(13-11-15)19(23)21(4-2)17-8-6-5-7-9-17/h3,5-13H,1,4,14H2,2H3,(H,20,22). The topological polar surface area (TPSA) is 49.4 Å². The Balaban J connectivity index is 2.16. The van der Waals surface area contributed by atoms with Crippen molar-refractivity contribution in [3.8, 4) is 0 Å². The molecule has 2 rings (SSSR count). The molecule has 0 bridgehead atoms. The van der Waals surface area contributed by atoms with Crippen molar-refractivity contribution < 1.29 is 9.59 Å². The molecule has 4 heteroatoms. The first kappa shape index (κ1) is 16.5. The number of hydrogen-bond donors (Lipinski definition) is 1. The molecular formula is C19H20N2O2. The van der Waals surface area contributed by atoms with E-state index < -0.39 is 0 Å². The van der Waals surface area contributed by atoms with Crippen molar-refractivity contribution in [2.24, 2.45) is 0 Å². The molecule has 0 atom stereocenters. The third kappa shape index (κ3) is 4.07. The second-order valence-corrected chi connectivity index (χ2v) is 4.96. The van der Waals surface area contributed by atoms with Crippen LogP contribution >= 0.6 is 0 Å². The molecule has 0 saturated carbocycles. The summed E-state index contributed by atoms with van der Waals surface area (Å²) >= 11 is 0. The molecule has 0 fully saturated rings. The SMILES string of the molecule is C=CCNC(=O)c1ccc(C(=O)N(CC)c2ccccc2)cc1. The number of benzene rings is 2. The Morgan fingerprint density at radius 1 is 1.04 bits per heavy atom. The fourth-order valence-corrected chi connectivity index (χ4v) is 2.24. The monoisotopic (exact) mass is 308 g/mol. The normalized spacial score (nSPS) is 9.96. The fourth-order valence-electron chi connectivity index (χ4n) is 2.24. The molecule has 0 aromatic heterocycles. The molecule has 1 N–H and O–H groups in total. The van der Waals surface area contributed by atoms with Gasteiger partial charge in [0.05, 0.1) is 0 Å². The number of para-hydroxylation sites is 1. The molecule has 2 aromatic rings. The highest BCUT2D eigenvalue weighted by Gasteiger charge is 2.16. The summed E-state index contributed by atoms with van der Waals surface area (Å²) in [7, 11) is 0. The van der Waals surface area contributed by atoms with Gasteiger partial charge in [0.1, 0.15) is 0 Å². The van der Waals surface area contributed by atoms with Crippen LogP contribution in [-0.2, 0) is 0 Å². The molecule has 0 unspecified atom stereocenters. The van der Waals surface area contributed by atoms with Gasteiger partial charge in [0.25, 0.3) is 11.8 Å². The largest absolute Gasteiger partial charge is 0.349 e. The molecule has 0 saturated heterocycles. The molecule has 0 spiro atoms. The fraction of sp³-hybridized carbons (Fsp3) is 0.158. The lowest BCUT2D eigenvalue weighted by atomic mass is 10.1. The Morgan fingerprint density at radius 2 is 1.65 bits per heavy atom.